The molecular formula is C8H16N2O4Pd. The minimum atomic E-state index is -1.82. The summed E-state index contributed by atoms with van der Waals surface area (Å²) in [6, 6.07) is 0.562. The fourth-order valence-electron chi connectivity index (χ4n) is 1.19. The van der Waals surface area contributed by atoms with Crippen LogP contribution in [0.4, 0.5) is 0 Å². The quantitative estimate of drug-likeness (QED) is 0.348. The molecule has 0 heterocycles. The molecule has 0 bridgehead atoms. The summed E-state index contributed by atoms with van der Waals surface area (Å²) < 4.78 is 0. The van der Waals surface area contributed by atoms with Crippen molar-refractivity contribution in [3.63, 3.8) is 0 Å². The Hall–Kier alpha value is -0.478. The number of hydrogen-bond donors (Lipinski definition) is 4. The number of carboxylic acid groups (broad SMARTS) is 2. The minimum absolute atomic E-state index is 0. The van der Waals surface area contributed by atoms with Crippen LogP contribution in [0.2, 0.25) is 0 Å². The second-order valence-electron chi connectivity index (χ2n) is 3.22. The van der Waals surface area contributed by atoms with Gasteiger partial charge in [-0.2, -0.15) is 0 Å². The van der Waals surface area contributed by atoms with Gasteiger partial charge in [0.05, 0.1) is 0 Å². The molecule has 0 aromatic heterocycles. The van der Waals surface area contributed by atoms with E-state index >= 15 is 0 Å². The summed E-state index contributed by atoms with van der Waals surface area (Å²) in [6.07, 6.45) is 4.80. The topological polar surface area (TPSA) is 127 Å². The summed E-state index contributed by atoms with van der Waals surface area (Å²) in [6.45, 7) is 0. The molecule has 6 N–H and O–H groups in total. The summed E-state index contributed by atoms with van der Waals surface area (Å²) in [5, 5.41) is 14.8. The van der Waals surface area contributed by atoms with E-state index in [0.29, 0.717) is 0 Å². The van der Waals surface area contributed by atoms with Gasteiger partial charge in [-0.3, -0.25) is 0 Å². The predicted molar refractivity (Wildman–Crippen MR) is 49.7 cm³/mol. The van der Waals surface area contributed by atoms with Gasteiger partial charge in [-0.25, -0.2) is 9.59 Å². The van der Waals surface area contributed by atoms with E-state index in [-0.39, 0.29) is 32.5 Å². The molecule has 0 spiro atoms. The van der Waals surface area contributed by atoms with E-state index in [1.165, 1.54) is 12.8 Å². The molecule has 6 nitrogen and oxygen atoms in total. The van der Waals surface area contributed by atoms with Gasteiger partial charge < -0.3 is 21.7 Å². The van der Waals surface area contributed by atoms with E-state index in [4.69, 9.17) is 31.3 Å². The maximum atomic E-state index is 9.10. The van der Waals surface area contributed by atoms with Crippen LogP contribution in [0, 0.1) is 0 Å². The molecule has 1 rings (SSSR count). The molecule has 92 valence electrons. The van der Waals surface area contributed by atoms with Crippen LogP contribution in [0.5, 0.6) is 0 Å². The van der Waals surface area contributed by atoms with Gasteiger partial charge in [-0.05, 0) is 12.8 Å². The zero-order valence-electron chi connectivity index (χ0n) is 8.16. The SMILES string of the molecule is N[C@@H]1CCCC[C@H]1N.O=C(O)C(=O)O.[Pd]. The van der Waals surface area contributed by atoms with Crippen LogP contribution in [-0.4, -0.2) is 34.2 Å². The van der Waals surface area contributed by atoms with Crippen molar-refractivity contribution in [1.29, 1.82) is 0 Å². The number of nitrogens with two attached hydrogens (primary N) is 2. The Labute approximate surface area is 102 Å². The third-order valence-corrected chi connectivity index (χ3v) is 2.06. The smallest absolute Gasteiger partial charge is 0.414 e. The number of carbonyl (C=O) groups is 2. The molecule has 0 unspecified atom stereocenters. The van der Waals surface area contributed by atoms with Crippen molar-refractivity contribution in [1.82, 2.24) is 0 Å². The van der Waals surface area contributed by atoms with Gasteiger partial charge in [-0.15, -0.1) is 0 Å². The van der Waals surface area contributed by atoms with E-state index in [9.17, 15) is 0 Å². The van der Waals surface area contributed by atoms with Gasteiger partial charge in [0.1, 0.15) is 0 Å². The van der Waals surface area contributed by atoms with Gasteiger partial charge in [0.2, 0.25) is 0 Å². The summed E-state index contributed by atoms with van der Waals surface area (Å²) in [5.74, 6) is -3.65. The zero-order valence-corrected chi connectivity index (χ0v) is 9.72. The zero-order chi connectivity index (χ0) is 11.1. The number of hydrogen-bond acceptors (Lipinski definition) is 4. The first-order valence-electron chi connectivity index (χ1n) is 4.42. The van der Waals surface area contributed by atoms with Gasteiger partial charge in [0.25, 0.3) is 0 Å². The first-order valence-corrected chi connectivity index (χ1v) is 4.42. The number of carboxylic acids is 2. The van der Waals surface area contributed by atoms with Crippen molar-refractivity contribution in [2.24, 2.45) is 11.5 Å². The molecule has 0 aromatic carbocycles. The van der Waals surface area contributed by atoms with Crippen molar-refractivity contribution in [2.75, 3.05) is 0 Å². The van der Waals surface area contributed by atoms with Crippen LogP contribution in [0.1, 0.15) is 25.7 Å². The monoisotopic (exact) mass is 310 g/mol. The Balaban J connectivity index is 0. The third kappa shape index (κ3) is 8.51. The summed E-state index contributed by atoms with van der Waals surface area (Å²) in [7, 11) is 0. The van der Waals surface area contributed by atoms with Crippen molar-refractivity contribution in [3.8, 4) is 0 Å². The molecule has 0 aromatic rings. The Kier molecular flexibility index (Phi) is 9.94. The van der Waals surface area contributed by atoms with E-state index in [0.717, 1.165) is 12.8 Å². The van der Waals surface area contributed by atoms with Gasteiger partial charge in [0.15, 0.2) is 0 Å². The first-order chi connectivity index (χ1) is 6.45. The van der Waals surface area contributed by atoms with Crippen LogP contribution < -0.4 is 11.5 Å². The van der Waals surface area contributed by atoms with Crippen LogP contribution in [0.3, 0.4) is 0 Å². The normalized spacial score (nSPS) is 24.1. The van der Waals surface area contributed by atoms with Gasteiger partial charge in [0, 0.05) is 32.5 Å². The van der Waals surface area contributed by atoms with Crippen LogP contribution in [-0.2, 0) is 30.0 Å². The molecule has 1 fully saturated rings. The molecule has 0 saturated heterocycles. The second kappa shape index (κ2) is 8.80. The molecular weight excluding hydrogens is 295 g/mol. The fraction of sp³-hybridized carbons (Fsp3) is 0.750. The maximum absolute atomic E-state index is 9.10. The molecule has 0 amide bonds. The molecule has 0 radical (unpaired) electrons. The van der Waals surface area contributed by atoms with E-state index in [1.807, 2.05) is 0 Å². The third-order valence-electron chi connectivity index (χ3n) is 2.06. The van der Waals surface area contributed by atoms with Crippen molar-refractivity contribution in [3.05, 3.63) is 0 Å². The molecule has 1 aliphatic carbocycles. The van der Waals surface area contributed by atoms with Gasteiger partial charge >= 0.3 is 11.9 Å². The number of aliphatic carboxylic acids is 2. The van der Waals surface area contributed by atoms with Crippen molar-refractivity contribution in [2.45, 2.75) is 37.8 Å². The van der Waals surface area contributed by atoms with E-state index < -0.39 is 11.9 Å². The number of rotatable bonds is 0. The molecule has 15 heavy (non-hydrogen) atoms. The Morgan fingerprint density at radius 2 is 1.20 bits per heavy atom. The average molecular weight is 311 g/mol. The van der Waals surface area contributed by atoms with Crippen LogP contribution in [0.15, 0.2) is 0 Å². The van der Waals surface area contributed by atoms with E-state index in [1.54, 1.807) is 0 Å². The second-order valence-corrected chi connectivity index (χ2v) is 3.22. The van der Waals surface area contributed by atoms with Gasteiger partial charge in [-0.1, -0.05) is 12.8 Å². The van der Waals surface area contributed by atoms with Crippen molar-refractivity contribution >= 4 is 11.9 Å². The van der Waals surface area contributed by atoms with Crippen LogP contribution in [0.25, 0.3) is 0 Å². The Morgan fingerprint density at radius 1 is 0.933 bits per heavy atom. The largest absolute Gasteiger partial charge is 0.473 e. The maximum Gasteiger partial charge on any atom is 0.414 e. The molecule has 1 saturated carbocycles. The Bertz CT molecular complexity index is 191. The summed E-state index contributed by atoms with van der Waals surface area (Å²) in [5.41, 5.74) is 11.3. The molecule has 1 aliphatic rings. The average Bonchev–Trinajstić information content (AvgIpc) is 2.11. The first kappa shape index (κ1) is 16.9. The fourth-order valence-corrected chi connectivity index (χ4v) is 1.19. The van der Waals surface area contributed by atoms with Crippen LogP contribution >= 0.6 is 0 Å². The summed E-state index contributed by atoms with van der Waals surface area (Å²) in [4.78, 5) is 18.2. The molecule has 7 heteroatoms. The standard InChI is InChI=1S/C6H14N2.C2H2O4.Pd/c7-5-3-1-2-4-6(5)8;3-1(4)2(5)6;/h5-6H,1-4,7-8H2;(H,3,4)(H,5,6);/t5-,6-;;/m1../s1. The minimum Gasteiger partial charge on any atom is -0.473 e. The van der Waals surface area contributed by atoms with Crippen molar-refractivity contribution < 1.29 is 40.2 Å². The Morgan fingerprint density at radius 3 is 1.33 bits per heavy atom. The summed E-state index contributed by atoms with van der Waals surface area (Å²) >= 11 is 0. The van der Waals surface area contributed by atoms with E-state index in [2.05, 4.69) is 0 Å². The molecule has 0 aliphatic heterocycles. The predicted octanol–water partition coefficient (Wildman–Crippen LogP) is -0.632. The molecule has 2 atom stereocenters.